The van der Waals surface area contributed by atoms with Crippen molar-refractivity contribution in [3.05, 3.63) is 0 Å². The molecule has 0 aromatic heterocycles. The van der Waals surface area contributed by atoms with Crippen molar-refractivity contribution in [3.63, 3.8) is 0 Å². The minimum atomic E-state index is -4.15. The average molecular weight is 182 g/mol. The summed E-state index contributed by atoms with van der Waals surface area (Å²) in [6, 6.07) is 0. The SMILES string of the molecule is C#CCOC(=O)OC(F)(F)CF. The van der Waals surface area contributed by atoms with E-state index >= 15 is 0 Å². The number of ether oxygens (including phenoxy) is 2. The Bertz CT molecular complexity index is 197. The van der Waals surface area contributed by atoms with Crippen molar-refractivity contribution in [1.82, 2.24) is 0 Å². The van der Waals surface area contributed by atoms with E-state index < -0.39 is 25.5 Å². The number of alkyl halides is 3. The summed E-state index contributed by atoms with van der Waals surface area (Å²) in [6.45, 7) is -2.60. The van der Waals surface area contributed by atoms with Crippen LogP contribution < -0.4 is 0 Å². The van der Waals surface area contributed by atoms with Crippen LogP contribution >= 0.6 is 0 Å². The Morgan fingerprint density at radius 2 is 2.17 bits per heavy atom. The highest BCUT2D eigenvalue weighted by atomic mass is 19.3. The largest absolute Gasteiger partial charge is 0.514 e. The lowest BCUT2D eigenvalue weighted by Gasteiger charge is -2.11. The van der Waals surface area contributed by atoms with Gasteiger partial charge in [-0.05, 0) is 0 Å². The van der Waals surface area contributed by atoms with Crippen molar-refractivity contribution in [2.45, 2.75) is 6.11 Å². The number of carbonyl (C=O) groups excluding carboxylic acids is 1. The highest BCUT2D eigenvalue weighted by Crippen LogP contribution is 2.16. The first kappa shape index (κ1) is 10.6. The molecule has 0 N–H and O–H groups in total. The molecule has 0 spiro atoms. The minimum Gasteiger partial charge on any atom is -0.421 e. The molecule has 0 saturated heterocycles. The van der Waals surface area contributed by atoms with E-state index in [1.54, 1.807) is 0 Å². The number of hydrogen-bond donors (Lipinski definition) is 0. The molecule has 0 bridgehead atoms. The van der Waals surface area contributed by atoms with Crippen molar-refractivity contribution in [1.29, 1.82) is 0 Å². The summed E-state index contributed by atoms with van der Waals surface area (Å²) in [5.41, 5.74) is 0. The van der Waals surface area contributed by atoms with Crippen LogP contribution in [0, 0.1) is 12.3 Å². The lowest BCUT2D eigenvalue weighted by molar-refractivity contribution is -0.218. The Hall–Kier alpha value is -1.38. The van der Waals surface area contributed by atoms with Crippen LogP contribution in [0.3, 0.4) is 0 Å². The molecule has 68 valence electrons. The average Bonchev–Trinajstić information content (AvgIpc) is 2.00. The van der Waals surface area contributed by atoms with Gasteiger partial charge in [0.1, 0.15) is 0 Å². The Balaban J connectivity index is 3.78. The third kappa shape index (κ3) is 4.44. The molecule has 0 rings (SSSR count). The molecule has 0 atom stereocenters. The van der Waals surface area contributed by atoms with E-state index in [0.717, 1.165) is 0 Å². The van der Waals surface area contributed by atoms with Crippen LogP contribution in [-0.4, -0.2) is 25.5 Å². The number of hydrogen-bond acceptors (Lipinski definition) is 3. The van der Waals surface area contributed by atoms with E-state index in [-0.39, 0.29) is 0 Å². The molecule has 0 amide bonds. The smallest absolute Gasteiger partial charge is 0.421 e. The highest BCUT2D eigenvalue weighted by Gasteiger charge is 2.34. The molecule has 0 unspecified atom stereocenters. The second-order valence-electron chi connectivity index (χ2n) is 1.62. The predicted molar refractivity (Wildman–Crippen MR) is 32.2 cm³/mol. The van der Waals surface area contributed by atoms with Gasteiger partial charge in [0.05, 0.1) is 0 Å². The summed E-state index contributed by atoms with van der Waals surface area (Å²) in [5, 5.41) is 0. The molecule has 0 aliphatic carbocycles. The zero-order valence-corrected chi connectivity index (χ0v) is 5.85. The van der Waals surface area contributed by atoms with Gasteiger partial charge >= 0.3 is 12.3 Å². The molecule has 0 heterocycles. The van der Waals surface area contributed by atoms with E-state index in [1.807, 2.05) is 5.92 Å². The van der Waals surface area contributed by atoms with Gasteiger partial charge in [-0.1, -0.05) is 5.92 Å². The molecule has 0 aliphatic heterocycles. The van der Waals surface area contributed by atoms with Crippen molar-refractivity contribution in [2.75, 3.05) is 13.3 Å². The summed E-state index contributed by atoms with van der Waals surface area (Å²) < 4.78 is 42.2. The molecular formula is C6H5F3O3. The maximum atomic E-state index is 11.9. The molecule has 0 aliphatic rings. The lowest BCUT2D eigenvalue weighted by atomic mass is 10.7. The van der Waals surface area contributed by atoms with E-state index in [0.29, 0.717) is 0 Å². The highest BCUT2D eigenvalue weighted by molar-refractivity contribution is 5.60. The fourth-order valence-electron chi connectivity index (χ4n) is 0.279. The predicted octanol–water partition coefficient (Wildman–Crippen LogP) is 1.34. The topological polar surface area (TPSA) is 35.5 Å². The summed E-state index contributed by atoms with van der Waals surface area (Å²) in [6.07, 6.45) is -1.22. The minimum absolute atomic E-state index is 0.499. The first-order valence-electron chi connectivity index (χ1n) is 2.75. The number of terminal acetylenes is 1. The first-order valence-corrected chi connectivity index (χ1v) is 2.75. The van der Waals surface area contributed by atoms with Gasteiger partial charge in [0.15, 0.2) is 13.3 Å². The molecule has 3 nitrogen and oxygen atoms in total. The molecule has 12 heavy (non-hydrogen) atoms. The molecule has 0 saturated carbocycles. The quantitative estimate of drug-likeness (QED) is 0.488. The van der Waals surface area contributed by atoms with Crippen LogP contribution in [-0.2, 0) is 9.47 Å². The van der Waals surface area contributed by atoms with Crippen LogP contribution in [0.25, 0.3) is 0 Å². The zero-order valence-electron chi connectivity index (χ0n) is 5.85. The maximum Gasteiger partial charge on any atom is 0.514 e. The molecule has 0 radical (unpaired) electrons. The van der Waals surface area contributed by atoms with Crippen molar-refractivity contribution < 1.29 is 27.4 Å². The second-order valence-corrected chi connectivity index (χ2v) is 1.62. The third-order valence-corrected chi connectivity index (χ3v) is 0.662. The third-order valence-electron chi connectivity index (χ3n) is 0.662. The number of carbonyl (C=O) groups is 1. The second kappa shape index (κ2) is 4.49. The number of halogens is 3. The Labute approximate surface area is 66.4 Å². The lowest BCUT2D eigenvalue weighted by Crippen LogP contribution is -2.27. The van der Waals surface area contributed by atoms with Crippen LogP contribution in [0.15, 0.2) is 0 Å². The molecule has 0 aromatic carbocycles. The monoisotopic (exact) mass is 182 g/mol. The summed E-state index contributed by atoms with van der Waals surface area (Å²) in [5.74, 6) is 1.84. The van der Waals surface area contributed by atoms with E-state index in [1.165, 1.54) is 0 Å². The van der Waals surface area contributed by atoms with Crippen LogP contribution in [0.4, 0.5) is 18.0 Å². The van der Waals surface area contributed by atoms with Gasteiger partial charge in [-0.3, -0.25) is 0 Å². The van der Waals surface area contributed by atoms with E-state index in [2.05, 4.69) is 15.9 Å². The summed E-state index contributed by atoms with van der Waals surface area (Å²) in [4.78, 5) is 10.2. The van der Waals surface area contributed by atoms with Gasteiger partial charge in [-0.25, -0.2) is 9.18 Å². The van der Waals surface area contributed by atoms with Gasteiger partial charge in [0.2, 0.25) is 0 Å². The number of rotatable bonds is 3. The first-order chi connectivity index (χ1) is 5.52. The van der Waals surface area contributed by atoms with Gasteiger partial charge < -0.3 is 9.47 Å². The summed E-state index contributed by atoms with van der Waals surface area (Å²) in [7, 11) is 0. The zero-order chi connectivity index (χ0) is 9.61. The van der Waals surface area contributed by atoms with Crippen molar-refractivity contribution in [2.24, 2.45) is 0 Å². The van der Waals surface area contributed by atoms with Gasteiger partial charge in [-0.15, -0.1) is 6.42 Å². The fraction of sp³-hybridized carbons (Fsp3) is 0.500. The Morgan fingerprint density at radius 3 is 2.58 bits per heavy atom. The summed E-state index contributed by atoms with van der Waals surface area (Å²) >= 11 is 0. The Morgan fingerprint density at radius 1 is 1.58 bits per heavy atom. The van der Waals surface area contributed by atoms with Gasteiger partial charge in [0, 0.05) is 0 Å². The van der Waals surface area contributed by atoms with Gasteiger partial charge in [-0.2, -0.15) is 8.78 Å². The van der Waals surface area contributed by atoms with Crippen LogP contribution in [0.5, 0.6) is 0 Å². The molecule has 6 heteroatoms. The molecule has 0 aromatic rings. The van der Waals surface area contributed by atoms with Crippen LogP contribution in [0.2, 0.25) is 0 Å². The normalized spacial score (nSPS) is 10.2. The van der Waals surface area contributed by atoms with Crippen molar-refractivity contribution >= 4 is 6.16 Å². The van der Waals surface area contributed by atoms with Gasteiger partial charge in [0.25, 0.3) is 0 Å². The molecular weight excluding hydrogens is 177 g/mol. The maximum absolute atomic E-state index is 11.9. The Kier molecular flexibility index (Phi) is 3.97. The van der Waals surface area contributed by atoms with Crippen molar-refractivity contribution in [3.8, 4) is 12.3 Å². The van der Waals surface area contributed by atoms with E-state index in [4.69, 9.17) is 0 Å². The fourth-order valence-corrected chi connectivity index (χ4v) is 0.279. The molecule has 0 fully saturated rings. The van der Waals surface area contributed by atoms with E-state index in [9.17, 15) is 18.0 Å². The standard InChI is InChI=1S/C6H5F3O3/c1-2-3-11-5(10)12-6(8,9)4-7/h1H,3-4H2. The van der Waals surface area contributed by atoms with Crippen LogP contribution in [0.1, 0.15) is 0 Å².